The van der Waals surface area contributed by atoms with Crippen LogP contribution in [0, 0.1) is 0 Å². The minimum absolute atomic E-state index is 0.0422. The molecule has 0 amide bonds. The van der Waals surface area contributed by atoms with E-state index in [9.17, 15) is 4.79 Å². The average molecular weight is 246 g/mol. The fourth-order valence-electron chi connectivity index (χ4n) is 0.755. The van der Waals surface area contributed by atoms with E-state index in [4.69, 9.17) is 15.2 Å². The Morgan fingerprint density at radius 2 is 2.15 bits per heavy atom. The molecule has 0 aliphatic rings. The number of halogens is 1. The second-order valence-electron chi connectivity index (χ2n) is 2.29. The molecular formula is C6H5BBrNO4. The molecule has 0 aromatic carbocycles. The number of nitrogens with zero attached hydrogens (tertiary/aromatic N) is 1. The lowest BCUT2D eigenvalue weighted by Gasteiger charge is -2.01. The smallest absolute Gasteiger partial charge is 0.478 e. The Balaban J connectivity index is 3.19. The summed E-state index contributed by atoms with van der Waals surface area (Å²) in [5.74, 6) is -1.18. The van der Waals surface area contributed by atoms with Crippen LogP contribution in [-0.4, -0.2) is 33.2 Å². The number of carbonyl (C=O) groups is 1. The zero-order valence-electron chi connectivity index (χ0n) is 6.31. The largest absolute Gasteiger partial charge is 0.490 e. The summed E-state index contributed by atoms with van der Waals surface area (Å²) in [5.41, 5.74) is -0.0637. The van der Waals surface area contributed by atoms with E-state index in [1.165, 1.54) is 6.20 Å². The van der Waals surface area contributed by atoms with Gasteiger partial charge in [0.2, 0.25) is 0 Å². The molecule has 1 heterocycles. The Bertz CT molecular complexity index is 343. The molecule has 0 radical (unpaired) electrons. The first-order valence-electron chi connectivity index (χ1n) is 3.27. The predicted octanol–water partition coefficient (Wildman–Crippen LogP) is -0.778. The van der Waals surface area contributed by atoms with E-state index in [1.807, 2.05) is 0 Å². The Labute approximate surface area is 82.3 Å². The molecule has 7 heteroatoms. The molecule has 0 saturated carbocycles. The minimum Gasteiger partial charge on any atom is -0.478 e. The highest BCUT2D eigenvalue weighted by molar-refractivity contribution is 9.10. The Morgan fingerprint density at radius 1 is 1.54 bits per heavy atom. The third-order valence-electron chi connectivity index (χ3n) is 1.39. The number of hydrogen-bond acceptors (Lipinski definition) is 4. The number of aromatic carboxylic acids is 1. The quantitative estimate of drug-likeness (QED) is 0.470. The summed E-state index contributed by atoms with van der Waals surface area (Å²) in [5, 5.41) is 26.1. The highest BCUT2D eigenvalue weighted by Gasteiger charge is 2.16. The van der Waals surface area contributed by atoms with Crippen LogP contribution < -0.4 is 5.46 Å². The molecular weight excluding hydrogens is 241 g/mol. The van der Waals surface area contributed by atoms with Gasteiger partial charge in [0.15, 0.2) is 0 Å². The molecule has 3 N–H and O–H groups in total. The summed E-state index contributed by atoms with van der Waals surface area (Å²) in [6.45, 7) is 0. The zero-order chi connectivity index (χ0) is 10.0. The maximum Gasteiger partial charge on any atom is 0.490 e. The van der Waals surface area contributed by atoms with Crippen LogP contribution in [0.15, 0.2) is 16.9 Å². The van der Waals surface area contributed by atoms with E-state index in [0.717, 1.165) is 6.07 Å². The Hall–Kier alpha value is -0.915. The van der Waals surface area contributed by atoms with Crippen LogP contribution in [0.4, 0.5) is 0 Å². The highest BCUT2D eigenvalue weighted by Crippen LogP contribution is 2.11. The van der Waals surface area contributed by atoms with E-state index >= 15 is 0 Å². The van der Waals surface area contributed by atoms with Crippen LogP contribution in [-0.2, 0) is 0 Å². The molecule has 1 rings (SSSR count). The second-order valence-corrected chi connectivity index (χ2v) is 3.04. The van der Waals surface area contributed by atoms with Crippen molar-refractivity contribution in [3.8, 4) is 0 Å². The van der Waals surface area contributed by atoms with Crippen LogP contribution in [0.3, 0.4) is 0 Å². The summed E-state index contributed by atoms with van der Waals surface area (Å²) >= 11 is 2.92. The number of carboxylic acids is 1. The predicted molar refractivity (Wildman–Crippen MR) is 48.7 cm³/mol. The van der Waals surface area contributed by atoms with Crippen molar-refractivity contribution in [2.45, 2.75) is 0 Å². The van der Waals surface area contributed by atoms with Crippen molar-refractivity contribution in [3.63, 3.8) is 0 Å². The first-order valence-corrected chi connectivity index (χ1v) is 4.06. The van der Waals surface area contributed by atoms with E-state index < -0.39 is 13.1 Å². The number of hydrogen-bond donors (Lipinski definition) is 3. The van der Waals surface area contributed by atoms with Crippen LogP contribution >= 0.6 is 15.9 Å². The fraction of sp³-hybridized carbons (Fsp3) is 0. The number of carboxylic acid groups (broad SMARTS) is 1. The third kappa shape index (κ3) is 2.27. The zero-order valence-corrected chi connectivity index (χ0v) is 7.89. The lowest BCUT2D eigenvalue weighted by atomic mass is 9.81. The van der Waals surface area contributed by atoms with Gasteiger partial charge in [-0.1, -0.05) is 0 Å². The number of pyridine rings is 1. The van der Waals surface area contributed by atoms with Crippen molar-refractivity contribution >= 4 is 34.5 Å². The van der Waals surface area contributed by atoms with Gasteiger partial charge in [0.1, 0.15) is 4.60 Å². The van der Waals surface area contributed by atoms with Gasteiger partial charge in [-0.2, -0.15) is 0 Å². The van der Waals surface area contributed by atoms with Gasteiger partial charge in [0.25, 0.3) is 0 Å². The number of aromatic nitrogens is 1. The maximum absolute atomic E-state index is 10.6. The van der Waals surface area contributed by atoms with Gasteiger partial charge >= 0.3 is 13.1 Å². The molecule has 1 aromatic rings. The molecule has 0 atom stereocenters. The van der Waals surface area contributed by atoms with Gasteiger partial charge in [0, 0.05) is 11.7 Å². The van der Waals surface area contributed by atoms with Crippen LogP contribution in [0.25, 0.3) is 0 Å². The lowest BCUT2D eigenvalue weighted by molar-refractivity contribution is 0.0695. The molecule has 0 saturated heterocycles. The van der Waals surface area contributed by atoms with E-state index in [2.05, 4.69) is 20.9 Å². The molecule has 0 unspecified atom stereocenters. The topological polar surface area (TPSA) is 90.7 Å². The highest BCUT2D eigenvalue weighted by atomic mass is 79.9. The summed E-state index contributed by atoms with van der Waals surface area (Å²) in [4.78, 5) is 14.2. The van der Waals surface area contributed by atoms with E-state index in [1.54, 1.807) is 0 Å². The molecule has 0 fully saturated rings. The Kier molecular flexibility index (Phi) is 3.02. The van der Waals surface area contributed by atoms with E-state index in [0.29, 0.717) is 0 Å². The van der Waals surface area contributed by atoms with Crippen molar-refractivity contribution in [1.29, 1.82) is 0 Å². The molecule has 1 aromatic heterocycles. The maximum atomic E-state index is 10.6. The van der Waals surface area contributed by atoms with Crippen molar-refractivity contribution in [2.24, 2.45) is 0 Å². The minimum atomic E-state index is -1.71. The fourth-order valence-corrected chi connectivity index (χ4v) is 1.14. The van der Waals surface area contributed by atoms with Crippen molar-refractivity contribution in [3.05, 3.63) is 22.4 Å². The summed E-state index contributed by atoms with van der Waals surface area (Å²) < 4.78 is 0.157. The van der Waals surface area contributed by atoms with Crippen molar-refractivity contribution in [1.82, 2.24) is 4.98 Å². The van der Waals surface area contributed by atoms with Crippen LogP contribution in [0.5, 0.6) is 0 Å². The molecule has 13 heavy (non-hydrogen) atoms. The van der Waals surface area contributed by atoms with Gasteiger partial charge in [-0.15, -0.1) is 0 Å². The average Bonchev–Trinajstić information content (AvgIpc) is 2.04. The van der Waals surface area contributed by atoms with Gasteiger partial charge in [0.05, 0.1) is 5.56 Å². The van der Waals surface area contributed by atoms with Crippen molar-refractivity contribution < 1.29 is 19.9 Å². The van der Waals surface area contributed by atoms with Gasteiger partial charge in [-0.3, -0.25) is 0 Å². The first-order chi connectivity index (χ1) is 6.02. The molecule has 0 bridgehead atoms. The second kappa shape index (κ2) is 3.86. The monoisotopic (exact) mass is 245 g/mol. The molecule has 0 spiro atoms. The third-order valence-corrected chi connectivity index (χ3v) is 2.02. The van der Waals surface area contributed by atoms with Crippen LogP contribution in [0.1, 0.15) is 10.4 Å². The molecule has 0 aliphatic carbocycles. The van der Waals surface area contributed by atoms with E-state index in [-0.39, 0.29) is 15.6 Å². The van der Waals surface area contributed by atoms with Gasteiger partial charge in [-0.25, -0.2) is 9.78 Å². The number of rotatable bonds is 2. The SMILES string of the molecule is O=C(O)c1cc(B(O)O)cnc1Br. The molecule has 5 nitrogen and oxygen atoms in total. The van der Waals surface area contributed by atoms with Gasteiger partial charge < -0.3 is 15.2 Å². The van der Waals surface area contributed by atoms with Gasteiger partial charge in [-0.05, 0) is 22.0 Å². The standard InChI is InChI=1S/C6H5BBrNO4/c8-5-4(6(10)11)1-3(2-9-5)7(12)13/h1-2,12-13H,(H,10,11). The molecule has 0 aliphatic heterocycles. The molecule has 68 valence electrons. The lowest BCUT2D eigenvalue weighted by Crippen LogP contribution is -2.31. The Morgan fingerprint density at radius 3 is 2.62 bits per heavy atom. The summed E-state index contributed by atoms with van der Waals surface area (Å²) in [7, 11) is -1.71. The van der Waals surface area contributed by atoms with Crippen molar-refractivity contribution in [2.75, 3.05) is 0 Å². The summed E-state index contributed by atoms with van der Waals surface area (Å²) in [6, 6.07) is 1.14. The van der Waals surface area contributed by atoms with Crippen LogP contribution in [0.2, 0.25) is 0 Å². The normalized spacial score (nSPS) is 9.77. The first kappa shape index (κ1) is 10.2. The summed E-state index contributed by atoms with van der Waals surface area (Å²) in [6.07, 6.45) is 1.18.